The van der Waals surface area contributed by atoms with Crippen LogP contribution in [0.1, 0.15) is 12.5 Å². The highest BCUT2D eigenvalue weighted by Gasteiger charge is 2.05. The Kier molecular flexibility index (Phi) is 4.53. The minimum absolute atomic E-state index is 0.273. The molecule has 0 aromatic heterocycles. The Morgan fingerprint density at radius 1 is 1.21 bits per heavy atom. The van der Waals surface area contributed by atoms with Crippen molar-refractivity contribution < 1.29 is 9.84 Å². The molecule has 2 aromatic carbocycles. The highest BCUT2D eigenvalue weighted by molar-refractivity contribution is 6.30. The van der Waals surface area contributed by atoms with Gasteiger partial charge in [-0.3, -0.25) is 0 Å². The summed E-state index contributed by atoms with van der Waals surface area (Å²) in [6.45, 7) is 3.03. The second kappa shape index (κ2) is 6.34. The number of hydrogen-bond acceptors (Lipinski definition) is 3. The molecule has 2 N–H and O–H groups in total. The first-order chi connectivity index (χ1) is 9.20. The van der Waals surface area contributed by atoms with Gasteiger partial charge in [0.1, 0.15) is 11.5 Å². The molecule has 100 valence electrons. The first-order valence-electron chi connectivity index (χ1n) is 6.13. The fourth-order valence-electron chi connectivity index (χ4n) is 1.77. The summed E-state index contributed by atoms with van der Waals surface area (Å²) in [6, 6.07) is 12.6. The third-order valence-corrected chi connectivity index (χ3v) is 2.94. The minimum atomic E-state index is 0.273. The molecule has 0 atom stereocenters. The number of hydrogen-bond donors (Lipinski definition) is 2. The third kappa shape index (κ3) is 3.55. The van der Waals surface area contributed by atoms with Crippen molar-refractivity contribution in [3.63, 3.8) is 0 Å². The molecule has 2 rings (SSSR count). The number of benzene rings is 2. The molecule has 0 saturated heterocycles. The summed E-state index contributed by atoms with van der Waals surface area (Å²) in [7, 11) is 0. The van der Waals surface area contributed by atoms with E-state index in [-0.39, 0.29) is 5.75 Å². The summed E-state index contributed by atoms with van der Waals surface area (Å²) in [5.41, 5.74) is 1.64. The maximum atomic E-state index is 9.72. The van der Waals surface area contributed by atoms with Gasteiger partial charge in [-0.25, -0.2) is 0 Å². The molecule has 0 saturated carbocycles. The van der Waals surface area contributed by atoms with Crippen LogP contribution in [0.15, 0.2) is 42.5 Å². The third-order valence-electron chi connectivity index (χ3n) is 2.70. The van der Waals surface area contributed by atoms with Crippen LogP contribution in [0.4, 0.5) is 5.69 Å². The van der Waals surface area contributed by atoms with Gasteiger partial charge in [-0.2, -0.15) is 0 Å². The number of aromatic hydroxyl groups is 1. The van der Waals surface area contributed by atoms with Crippen LogP contribution in [0.3, 0.4) is 0 Å². The molecule has 0 heterocycles. The Balaban J connectivity index is 2.14. The van der Waals surface area contributed by atoms with Crippen molar-refractivity contribution >= 4 is 17.3 Å². The van der Waals surface area contributed by atoms with Crippen LogP contribution in [0.5, 0.6) is 11.5 Å². The number of ether oxygens (including phenoxy) is 1. The van der Waals surface area contributed by atoms with Crippen molar-refractivity contribution in [3.05, 3.63) is 53.1 Å². The number of anilines is 1. The Bertz CT molecular complexity index is 558. The number of phenolic OH excluding ortho intramolecular Hbond substituents is 1. The molecule has 2 aromatic rings. The van der Waals surface area contributed by atoms with Crippen molar-refractivity contribution in [2.45, 2.75) is 13.5 Å². The van der Waals surface area contributed by atoms with E-state index in [4.69, 9.17) is 16.3 Å². The first-order valence-corrected chi connectivity index (χ1v) is 6.51. The van der Waals surface area contributed by atoms with Crippen LogP contribution in [-0.2, 0) is 6.54 Å². The zero-order chi connectivity index (χ0) is 13.7. The van der Waals surface area contributed by atoms with Crippen molar-refractivity contribution in [1.82, 2.24) is 0 Å². The molecular weight excluding hydrogens is 262 g/mol. The molecule has 0 amide bonds. The van der Waals surface area contributed by atoms with Crippen molar-refractivity contribution in [2.75, 3.05) is 11.9 Å². The van der Waals surface area contributed by atoms with Gasteiger partial charge in [-0.15, -0.1) is 0 Å². The van der Waals surface area contributed by atoms with Crippen molar-refractivity contribution in [2.24, 2.45) is 0 Å². The van der Waals surface area contributed by atoms with Crippen LogP contribution in [0, 0.1) is 0 Å². The summed E-state index contributed by atoms with van der Waals surface area (Å²) in [4.78, 5) is 0. The molecule has 0 aliphatic rings. The van der Waals surface area contributed by atoms with Crippen molar-refractivity contribution in [3.8, 4) is 11.5 Å². The lowest BCUT2D eigenvalue weighted by Gasteiger charge is -2.13. The second-order valence-electron chi connectivity index (χ2n) is 4.06. The highest BCUT2D eigenvalue weighted by Crippen LogP contribution is 2.29. The van der Waals surface area contributed by atoms with E-state index in [2.05, 4.69) is 5.32 Å². The van der Waals surface area contributed by atoms with E-state index < -0.39 is 0 Å². The Hall–Kier alpha value is -1.87. The predicted octanol–water partition coefficient (Wildman–Crippen LogP) is 4.06. The Morgan fingerprint density at radius 2 is 2.00 bits per heavy atom. The molecule has 0 aliphatic carbocycles. The Morgan fingerprint density at radius 3 is 2.74 bits per heavy atom. The van der Waals surface area contributed by atoms with E-state index in [1.165, 1.54) is 0 Å². The zero-order valence-electron chi connectivity index (χ0n) is 10.7. The average Bonchev–Trinajstić information content (AvgIpc) is 2.41. The summed E-state index contributed by atoms with van der Waals surface area (Å²) in [5, 5.41) is 13.6. The number of rotatable bonds is 5. The van der Waals surface area contributed by atoms with Crippen LogP contribution >= 0.6 is 11.6 Å². The molecule has 0 spiro atoms. The topological polar surface area (TPSA) is 41.5 Å². The van der Waals surface area contributed by atoms with Crippen LogP contribution in [0.25, 0.3) is 0 Å². The highest BCUT2D eigenvalue weighted by atomic mass is 35.5. The summed E-state index contributed by atoms with van der Waals surface area (Å²) in [6.07, 6.45) is 0. The van der Waals surface area contributed by atoms with E-state index in [0.717, 1.165) is 17.0 Å². The normalized spacial score (nSPS) is 10.2. The Labute approximate surface area is 117 Å². The monoisotopic (exact) mass is 277 g/mol. The number of phenols is 1. The van der Waals surface area contributed by atoms with Gasteiger partial charge in [-0.1, -0.05) is 29.8 Å². The second-order valence-corrected chi connectivity index (χ2v) is 4.49. The largest absolute Gasteiger partial charge is 0.508 e. The molecule has 0 bridgehead atoms. The molecule has 0 unspecified atom stereocenters. The van der Waals surface area contributed by atoms with E-state index in [1.54, 1.807) is 18.2 Å². The van der Waals surface area contributed by atoms with Gasteiger partial charge in [-0.05, 0) is 31.2 Å². The number of para-hydroxylation sites is 1. The molecule has 0 radical (unpaired) electrons. The smallest absolute Gasteiger partial charge is 0.142 e. The fraction of sp³-hybridized carbons (Fsp3) is 0.200. The van der Waals surface area contributed by atoms with Crippen LogP contribution in [-0.4, -0.2) is 11.7 Å². The van der Waals surface area contributed by atoms with Crippen LogP contribution < -0.4 is 10.1 Å². The van der Waals surface area contributed by atoms with Crippen LogP contribution in [0.2, 0.25) is 5.02 Å². The van der Waals surface area contributed by atoms with Crippen molar-refractivity contribution in [1.29, 1.82) is 0 Å². The van der Waals surface area contributed by atoms with Gasteiger partial charge in [0.25, 0.3) is 0 Å². The standard InChI is InChI=1S/C15H16ClNO2/c1-2-19-15-8-7-12(16)9-13(15)17-10-11-5-3-4-6-14(11)18/h3-9,17-18H,2,10H2,1H3. The zero-order valence-corrected chi connectivity index (χ0v) is 11.4. The van der Waals surface area contributed by atoms with E-state index >= 15 is 0 Å². The van der Waals surface area contributed by atoms with Gasteiger partial charge in [0.05, 0.1) is 12.3 Å². The molecule has 0 fully saturated rings. The van der Waals surface area contributed by atoms with Gasteiger partial charge in [0, 0.05) is 17.1 Å². The lowest BCUT2D eigenvalue weighted by Crippen LogP contribution is -2.03. The molecule has 3 nitrogen and oxygen atoms in total. The fourth-order valence-corrected chi connectivity index (χ4v) is 1.94. The predicted molar refractivity (Wildman–Crippen MR) is 78.1 cm³/mol. The lowest BCUT2D eigenvalue weighted by molar-refractivity contribution is 0.341. The molecule has 0 aliphatic heterocycles. The first kappa shape index (κ1) is 13.6. The SMILES string of the molecule is CCOc1ccc(Cl)cc1NCc1ccccc1O. The summed E-state index contributed by atoms with van der Waals surface area (Å²) < 4.78 is 5.53. The summed E-state index contributed by atoms with van der Waals surface area (Å²) in [5.74, 6) is 1.03. The molecular formula is C15H16ClNO2. The maximum absolute atomic E-state index is 9.72. The van der Waals surface area contributed by atoms with Gasteiger partial charge < -0.3 is 15.2 Å². The number of nitrogens with one attached hydrogen (secondary N) is 1. The van der Waals surface area contributed by atoms with E-state index in [0.29, 0.717) is 18.2 Å². The van der Waals surface area contributed by atoms with Gasteiger partial charge in [0.15, 0.2) is 0 Å². The van der Waals surface area contributed by atoms with Gasteiger partial charge in [0.2, 0.25) is 0 Å². The average molecular weight is 278 g/mol. The number of halogens is 1. The van der Waals surface area contributed by atoms with E-state index in [9.17, 15) is 5.11 Å². The quantitative estimate of drug-likeness (QED) is 0.866. The van der Waals surface area contributed by atoms with E-state index in [1.807, 2.05) is 31.2 Å². The molecule has 4 heteroatoms. The lowest BCUT2D eigenvalue weighted by atomic mass is 10.2. The minimum Gasteiger partial charge on any atom is -0.508 e. The maximum Gasteiger partial charge on any atom is 0.142 e. The summed E-state index contributed by atoms with van der Waals surface area (Å²) >= 11 is 5.99. The van der Waals surface area contributed by atoms with Gasteiger partial charge >= 0.3 is 0 Å². The molecule has 19 heavy (non-hydrogen) atoms.